The standard InChI is InChI=1S/C23H31FN2O/c1-16(2)25-12-13-26(17(3)4)23-15-20(8-10-22(23)25)19(6)21(24)9-7-18(5)11-14-27/h7-11,14-17H,12-13H2,1-6H3/b9-7+,18-11+,21-19+. The smallest absolute Gasteiger partial charge is 0.143 e. The molecule has 3 nitrogen and oxygen atoms in total. The highest BCUT2D eigenvalue weighted by Crippen LogP contribution is 2.38. The van der Waals surface area contributed by atoms with E-state index in [4.69, 9.17) is 0 Å². The Morgan fingerprint density at radius 1 is 1.00 bits per heavy atom. The normalized spacial score (nSPS) is 16.3. The van der Waals surface area contributed by atoms with E-state index in [1.807, 2.05) is 6.07 Å². The van der Waals surface area contributed by atoms with Crippen molar-refractivity contribution in [1.82, 2.24) is 0 Å². The minimum absolute atomic E-state index is 0.291. The molecule has 0 saturated heterocycles. The zero-order valence-corrected chi connectivity index (χ0v) is 17.3. The first-order chi connectivity index (χ1) is 12.8. The van der Waals surface area contributed by atoms with E-state index in [9.17, 15) is 9.18 Å². The lowest BCUT2D eigenvalue weighted by molar-refractivity contribution is -0.104. The van der Waals surface area contributed by atoms with Gasteiger partial charge in [0, 0.05) is 25.2 Å². The quantitative estimate of drug-likeness (QED) is 0.374. The molecule has 0 radical (unpaired) electrons. The van der Waals surface area contributed by atoms with Crippen LogP contribution in [0.1, 0.15) is 47.1 Å². The summed E-state index contributed by atoms with van der Waals surface area (Å²) in [6.07, 6.45) is 5.16. The van der Waals surface area contributed by atoms with Crippen LogP contribution in [0.5, 0.6) is 0 Å². The molecule has 0 fully saturated rings. The topological polar surface area (TPSA) is 23.6 Å². The highest BCUT2D eigenvalue weighted by atomic mass is 19.1. The summed E-state index contributed by atoms with van der Waals surface area (Å²) in [4.78, 5) is 15.3. The maximum Gasteiger partial charge on any atom is 0.143 e. The molecule has 146 valence electrons. The van der Waals surface area contributed by atoms with Crippen molar-refractivity contribution in [1.29, 1.82) is 0 Å². The molecule has 4 heteroatoms. The van der Waals surface area contributed by atoms with Gasteiger partial charge in [-0.3, -0.25) is 4.79 Å². The van der Waals surface area contributed by atoms with Crippen molar-refractivity contribution in [3.8, 4) is 0 Å². The molecule has 0 bridgehead atoms. The summed E-state index contributed by atoms with van der Waals surface area (Å²) < 4.78 is 14.6. The third-order valence-electron chi connectivity index (χ3n) is 5.04. The van der Waals surface area contributed by atoms with E-state index in [1.54, 1.807) is 19.9 Å². The number of aldehydes is 1. The molecule has 0 unspecified atom stereocenters. The van der Waals surface area contributed by atoms with Crippen LogP contribution in [0.2, 0.25) is 0 Å². The summed E-state index contributed by atoms with van der Waals surface area (Å²) in [5.41, 5.74) is 4.57. The van der Waals surface area contributed by atoms with Crippen LogP contribution in [0.4, 0.5) is 15.8 Å². The Labute approximate surface area is 162 Å². The lowest BCUT2D eigenvalue weighted by atomic mass is 10.0. The lowest BCUT2D eigenvalue weighted by Gasteiger charge is -2.43. The van der Waals surface area contributed by atoms with Gasteiger partial charge in [0.2, 0.25) is 0 Å². The van der Waals surface area contributed by atoms with Crippen LogP contribution in [-0.2, 0) is 4.79 Å². The highest BCUT2D eigenvalue weighted by Gasteiger charge is 2.26. The van der Waals surface area contributed by atoms with E-state index >= 15 is 0 Å². The average Bonchev–Trinajstić information content (AvgIpc) is 2.63. The lowest BCUT2D eigenvalue weighted by Crippen LogP contribution is -2.46. The Balaban J connectivity index is 2.45. The van der Waals surface area contributed by atoms with Crippen LogP contribution >= 0.6 is 0 Å². The van der Waals surface area contributed by atoms with Crippen molar-refractivity contribution in [2.24, 2.45) is 0 Å². The van der Waals surface area contributed by atoms with Crippen LogP contribution in [0.15, 0.2) is 47.8 Å². The van der Waals surface area contributed by atoms with Crippen LogP contribution in [0.3, 0.4) is 0 Å². The molecule has 0 amide bonds. The van der Waals surface area contributed by atoms with Crippen molar-refractivity contribution in [2.45, 2.75) is 53.6 Å². The molecule has 0 N–H and O–H groups in total. The van der Waals surface area contributed by atoms with Gasteiger partial charge in [0.25, 0.3) is 0 Å². The molecule has 0 atom stereocenters. The van der Waals surface area contributed by atoms with Gasteiger partial charge in [-0.15, -0.1) is 0 Å². The van der Waals surface area contributed by atoms with E-state index in [0.29, 0.717) is 23.9 Å². The molecule has 1 aliphatic rings. The number of carbonyl (C=O) groups excluding carboxylic acids is 1. The number of hydrogen-bond donors (Lipinski definition) is 0. The summed E-state index contributed by atoms with van der Waals surface area (Å²) in [7, 11) is 0. The summed E-state index contributed by atoms with van der Waals surface area (Å²) in [5, 5.41) is 0. The van der Waals surface area contributed by atoms with Crippen LogP contribution in [-0.4, -0.2) is 31.5 Å². The van der Waals surface area contributed by atoms with Crippen molar-refractivity contribution in [3.05, 3.63) is 53.4 Å². The number of rotatable bonds is 6. The molecule has 1 heterocycles. The van der Waals surface area contributed by atoms with Crippen molar-refractivity contribution in [3.63, 3.8) is 0 Å². The zero-order chi connectivity index (χ0) is 20.1. The first-order valence-electron chi connectivity index (χ1n) is 9.60. The minimum Gasteiger partial charge on any atom is -0.366 e. The van der Waals surface area contributed by atoms with Gasteiger partial charge in [-0.25, -0.2) is 4.39 Å². The zero-order valence-electron chi connectivity index (χ0n) is 17.3. The molecule has 0 aliphatic carbocycles. The Morgan fingerprint density at radius 3 is 2.15 bits per heavy atom. The fraction of sp³-hybridized carbons (Fsp3) is 0.435. The highest BCUT2D eigenvalue weighted by molar-refractivity contribution is 5.80. The number of allylic oxidation sites excluding steroid dienone is 6. The monoisotopic (exact) mass is 370 g/mol. The van der Waals surface area contributed by atoms with Crippen LogP contribution < -0.4 is 9.80 Å². The van der Waals surface area contributed by atoms with Crippen molar-refractivity contribution in [2.75, 3.05) is 22.9 Å². The number of halogens is 1. The van der Waals surface area contributed by atoms with Gasteiger partial charge in [0.15, 0.2) is 0 Å². The second-order valence-electron chi connectivity index (χ2n) is 7.63. The van der Waals surface area contributed by atoms with Gasteiger partial charge in [0.05, 0.1) is 11.4 Å². The van der Waals surface area contributed by atoms with E-state index in [2.05, 4.69) is 49.6 Å². The van der Waals surface area contributed by atoms with Gasteiger partial charge >= 0.3 is 0 Å². The van der Waals surface area contributed by atoms with Crippen molar-refractivity contribution >= 4 is 23.2 Å². The predicted molar refractivity (Wildman–Crippen MR) is 114 cm³/mol. The van der Waals surface area contributed by atoms with Crippen LogP contribution in [0, 0.1) is 0 Å². The molecule has 2 rings (SSSR count). The van der Waals surface area contributed by atoms with Gasteiger partial charge in [0.1, 0.15) is 12.1 Å². The Morgan fingerprint density at radius 2 is 1.59 bits per heavy atom. The molecular formula is C23H31FN2O. The summed E-state index contributed by atoms with van der Waals surface area (Å²) in [6, 6.07) is 7.01. The largest absolute Gasteiger partial charge is 0.366 e. The maximum absolute atomic E-state index is 14.6. The number of hydrogen-bond acceptors (Lipinski definition) is 3. The maximum atomic E-state index is 14.6. The van der Waals surface area contributed by atoms with Gasteiger partial charge in [-0.2, -0.15) is 0 Å². The van der Waals surface area contributed by atoms with E-state index in [0.717, 1.165) is 29.9 Å². The molecule has 0 aromatic heterocycles. The summed E-state index contributed by atoms with van der Waals surface area (Å²) >= 11 is 0. The fourth-order valence-electron chi connectivity index (χ4n) is 3.39. The van der Waals surface area contributed by atoms with Crippen LogP contribution in [0.25, 0.3) is 5.57 Å². The molecule has 1 aromatic rings. The predicted octanol–water partition coefficient (Wildman–Crippen LogP) is 5.53. The second-order valence-corrected chi connectivity index (χ2v) is 7.63. The molecule has 0 saturated carbocycles. The molecule has 1 aliphatic heterocycles. The number of carbonyl (C=O) groups is 1. The average molecular weight is 371 g/mol. The minimum atomic E-state index is -0.291. The molecule has 27 heavy (non-hydrogen) atoms. The first-order valence-corrected chi connectivity index (χ1v) is 9.60. The Kier molecular flexibility index (Phi) is 7.00. The molecule has 0 spiro atoms. The Hall–Kier alpha value is -2.36. The van der Waals surface area contributed by atoms with E-state index in [1.165, 1.54) is 17.8 Å². The van der Waals surface area contributed by atoms with Crippen molar-refractivity contribution < 1.29 is 9.18 Å². The number of anilines is 2. The van der Waals surface area contributed by atoms with Gasteiger partial charge < -0.3 is 9.80 Å². The summed E-state index contributed by atoms with van der Waals surface area (Å²) in [6.45, 7) is 14.3. The fourth-order valence-corrected chi connectivity index (χ4v) is 3.39. The third kappa shape index (κ3) is 4.88. The molecular weight excluding hydrogens is 339 g/mol. The van der Waals surface area contributed by atoms with Gasteiger partial charge in [-0.1, -0.05) is 12.1 Å². The van der Waals surface area contributed by atoms with E-state index in [-0.39, 0.29) is 5.83 Å². The molecule has 1 aromatic carbocycles. The number of nitrogens with zero attached hydrogens (tertiary/aromatic N) is 2. The number of fused-ring (bicyclic) bond motifs is 1. The number of benzene rings is 1. The third-order valence-corrected chi connectivity index (χ3v) is 5.04. The SMILES string of the molecule is CC(/C=C/C(F)=C(/C)c1ccc2c(c1)N(C(C)C)CCN2C(C)C)=C\C=O. The van der Waals surface area contributed by atoms with E-state index < -0.39 is 0 Å². The van der Waals surface area contributed by atoms with Gasteiger partial charge in [-0.05, 0) is 82.5 Å². The second kappa shape index (κ2) is 9.03. The Bertz CT molecular complexity index is 775. The first kappa shape index (κ1) is 20.9. The summed E-state index contributed by atoms with van der Waals surface area (Å²) in [5.74, 6) is -0.291.